The number of hydrogen-bond acceptors (Lipinski definition) is 5. The second-order valence-corrected chi connectivity index (χ2v) is 6.74. The van der Waals surface area contributed by atoms with Crippen LogP contribution in [0.4, 0.5) is 5.82 Å². The van der Waals surface area contributed by atoms with Gasteiger partial charge in [0.15, 0.2) is 5.65 Å². The molecule has 0 aromatic carbocycles. The van der Waals surface area contributed by atoms with Crippen molar-refractivity contribution in [3.8, 4) is 0 Å². The van der Waals surface area contributed by atoms with Crippen molar-refractivity contribution in [3.63, 3.8) is 0 Å². The number of anilines is 1. The average molecular weight is 285 g/mol. The summed E-state index contributed by atoms with van der Waals surface area (Å²) in [6.45, 7) is 2.71. The number of aromatic nitrogens is 4. The van der Waals surface area contributed by atoms with Gasteiger partial charge in [-0.2, -0.15) is 4.52 Å². The Balaban J connectivity index is 1.46. The Bertz CT molecular complexity index is 686. The lowest BCUT2D eigenvalue weighted by atomic mass is 9.82. The summed E-state index contributed by atoms with van der Waals surface area (Å²) in [6.07, 6.45) is 7.01. The van der Waals surface area contributed by atoms with Gasteiger partial charge in [0.05, 0.1) is 12.2 Å². The van der Waals surface area contributed by atoms with Crippen molar-refractivity contribution in [2.45, 2.75) is 31.3 Å². The molecule has 6 nitrogen and oxygen atoms in total. The van der Waals surface area contributed by atoms with Gasteiger partial charge in [-0.05, 0) is 49.7 Å². The maximum atomic E-state index is 6.28. The fourth-order valence-corrected chi connectivity index (χ4v) is 4.65. The minimum absolute atomic E-state index is 0.0883. The van der Waals surface area contributed by atoms with Crippen LogP contribution in [0.1, 0.15) is 25.7 Å². The predicted octanol–water partition coefficient (Wildman–Crippen LogP) is 1.52. The standard InChI is InChI=1S/C15H19N5O/c1-2-12-7-11(1)8-15(12)9-19(5-6-21-15)14-4-3-13-17-16-10-20(13)18-14/h3-4,10-12H,1-2,5-9H2. The highest BCUT2D eigenvalue weighted by molar-refractivity contribution is 5.45. The molecule has 2 aromatic rings. The van der Waals surface area contributed by atoms with E-state index < -0.39 is 0 Å². The highest BCUT2D eigenvalue weighted by Crippen LogP contribution is 2.53. The minimum Gasteiger partial charge on any atom is -0.371 e. The molecule has 3 fully saturated rings. The van der Waals surface area contributed by atoms with E-state index in [1.165, 1.54) is 25.7 Å². The molecule has 21 heavy (non-hydrogen) atoms. The molecule has 1 aliphatic heterocycles. The van der Waals surface area contributed by atoms with Crippen molar-refractivity contribution in [2.24, 2.45) is 11.8 Å². The predicted molar refractivity (Wildman–Crippen MR) is 77.1 cm³/mol. The van der Waals surface area contributed by atoms with E-state index in [4.69, 9.17) is 4.74 Å². The maximum Gasteiger partial charge on any atom is 0.177 e. The molecule has 110 valence electrons. The summed E-state index contributed by atoms with van der Waals surface area (Å²) in [5, 5.41) is 12.5. The smallest absolute Gasteiger partial charge is 0.177 e. The Hall–Kier alpha value is -1.69. The molecular weight excluding hydrogens is 266 g/mol. The van der Waals surface area contributed by atoms with E-state index in [2.05, 4.69) is 26.3 Å². The van der Waals surface area contributed by atoms with E-state index in [0.29, 0.717) is 0 Å². The fourth-order valence-electron chi connectivity index (χ4n) is 4.65. The zero-order valence-electron chi connectivity index (χ0n) is 12.0. The quantitative estimate of drug-likeness (QED) is 0.795. The molecule has 2 saturated carbocycles. The molecule has 1 saturated heterocycles. The van der Waals surface area contributed by atoms with Gasteiger partial charge in [-0.1, -0.05) is 0 Å². The zero-order valence-corrected chi connectivity index (χ0v) is 12.0. The Morgan fingerprint density at radius 1 is 1.29 bits per heavy atom. The van der Waals surface area contributed by atoms with E-state index in [9.17, 15) is 0 Å². The highest BCUT2D eigenvalue weighted by Gasteiger charge is 2.53. The van der Waals surface area contributed by atoms with Crippen molar-refractivity contribution in [3.05, 3.63) is 18.5 Å². The van der Waals surface area contributed by atoms with Crippen LogP contribution in [0, 0.1) is 11.8 Å². The third kappa shape index (κ3) is 1.71. The third-order valence-corrected chi connectivity index (χ3v) is 5.60. The Kier molecular flexibility index (Phi) is 2.36. The summed E-state index contributed by atoms with van der Waals surface area (Å²) in [6, 6.07) is 4.04. The van der Waals surface area contributed by atoms with Gasteiger partial charge in [0.2, 0.25) is 0 Å². The molecule has 3 heterocycles. The molecule has 0 amide bonds. The summed E-state index contributed by atoms with van der Waals surface area (Å²) >= 11 is 0. The van der Waals surface area contributed by atoms with Gasteiger partial charge in [0.25, 0.3) is 0 Å². The van der Waals surface area contributed by atoms with Crippen molar-refractivity contribution < 1.29 is 4.74 Å². The summed E-state index contributed by atoms with van der Waals surface area (Å²) in [7, 11) is 0. The Labute approximate surface area is 123 Å². The summed E-state index contributed by atoms with van der Waals surface area (Å²) in [5.41, 5.74) is 0.881. The van der Waals surface area contributed by atoms with Gasteiger partial charge >= 0.3 is 0 Å². The van der Waals surface area contributed by atoms with Crippen LogP contribution in [-0.2, 0) is 4.74 Å². The average Bonchev–Trinajstić information content (AvgIpc) is 3.21. The maximum absolute atomic E-state index is 6.28. The second kappa shape index (κ2) is 4.16. The van der Waals surface area contributed by atoms with E-state index in [1.54, 1.807) is 10.8 Å². The first kappa shape index (κ1) is 11.9. The van der Waals surface area contributed by atoms with E-state index in [-0.39, 0.29) is 5.60 Å². The van der Waals surface area contributed by atoms with Gasteiger partial charge in [0, 0.05) is 13.1 Å². The molecule has 2 aromatic heterocycles. The van der Waals surface area contributed by atoms with Crippen LogP contribution in [0.2, 0.25) is 0 Å². The van der Waals surface area contributed by atoms with Gasteiger partial charge in [-0.25, -0.2) is 0 Å². The molecule has 0 N–H and O–H groups in total. The monoisotopic (exact) mass is 285 g/mol. The second-order valence-electron chi connectivity index (χ2n) is 6.74. The normalized spacial score (nSPS) is 35.1. The van der Waals surface area contributed by atoms with E-state index >= 15 is 0 Å². The Morgan fingerprint density at radius 2 is 2.29 bits per heavy atom. The van der Waals surface area contributed by atoms with Crippen LogP contribution >= 0.6 is 0 Å². The number of morpholine rings is 1. The van der Waals surface area contributed by atoms with Gasteiger partial charge < -0.3 is 9.64 Å². The summed E-state index contributed by atoms with van der Waals surface area (Å²) in [5.74, 6) is 2.65. The first-order chi connectivity index (χ1) is 10.3. The van der Waals surface area contributed by atoms with E-state index in [0.717, 1.165) is 43.0 Å². The van der Waals surface area contributed by atoms with Crippen LogP contribution in [-0.4, -0.2) is 45.1 Å². The van der Waals surface area contributed by atoms with Crippen LogP contribution in [0.3, 0.4) is 0 Å². The van der Waals surface area contributed by atoms with E-state index in [1.807, 2.05) is 6.07 Å². The van der Waals surface area contributed by atoms with Crippen LogP contribution in [0.15, 0.2) is 18.5 Å². The number of nitrogens with zero attached hydrogens (tertiary/aromatic N) is 5. The zero-order chi connectivity index (χ0) is 13.9. The fraction of sp³-hybridized carbons (Fsp3) is 0.667. The largest absolute Gasteiger partial charge is 0.371 e. The lowest BCUT2D eigenvalue weighted by molar-refractivity contribution is -0.0911. The van der Waals surface area contributed by atoms with Crippen molar-refractivity contribution in [2.75, 3.05) is 24.6 Å². The Morgan fingerprint density at radius 3 is 3.14 bits per heavy atom. The van der Waals surface area contributed by atoms with Crippen LogP contribution in [0.5, 0.6) is 0 Å². The molecule has 0 radical (unpaired) electrons. The molecule has 1 spiro atoms. The van der Waals surface area contributed by atoms with Crippen LogP contribution in [0.25, 0.3) is 5.65 Å². The number of fused-ring (bicyclic) bond motifs is 4. The summed E-state index contributed by atoms with van der Waals surface area (Å²) < 4.78 is 8.03. The minimum atomic E-state index is 0.0883. The molecule has 5 rings (SSSR count). The lowest BCUT2D eigenvalue weighted by Crippen LogP contribution is -2.55. The molecule has 3 aliphatic rings. The van der Waals surface area contributed by atoms with Gasteiger partial charge in [0.1, 0.15) is 12.1 Å². The van der Waals surface area contributed by atoms with Gasteiger partial charge in [-0.3, -0.25) is 0 Å². The number of rotatable bonds is 1. The lowest BCUT2D eigenvalue weighted by Gasteiger charge is -2.45. The van der Waals surface area contributed by atoms with Crippen LogP contribution < -0.4 is 4.90 Å². The van der Waals surface area contributed by atoms with Crippen molar-refractivity contribution >= 4 is 11.5 Å². The molecule has 3 unspecified atom stereocenters. The molecule has 2 aliphatic carbocycles. The number of hydrogen-bond donors (Lipinski definition) is 0. The summed E-state index contributed by atoms with van der Waals surface area (Å²) in [4.78, 5) is 2.38. The first-order valence-electron chi connectivity index (χ1n) is 7.88. The topological polar surface area (TPSA) is 55.5 Å². The van der Waals surface area contributed by atoms with Crippen molar-refractivity contribution in [1.82, 2.24) is 19.8 Å². The SMILES string of the molecule is c1cc2nncn2nc1N1CCOC2(CC3CCC2C3)C1. The molecular formula is C15H19N5O. The van der Waals surface area contributed by atoms with Gasteiger partial charge in [-0.15, -0.1) is 15.3 Å². The molecule has 2 bridgehead atoms. The highest BCUT2D eigenvalue weighted by atomic mass is 16.5. The van der Waals surface area contributed by atoms with Crippen molar-refractivity contribution in [1.29, 1.82) is 0 Å². The molecule has 6 heteroatoms. The number of ether oxygens (including phenoxy) is 1. The molecule has 3 atom stereocenters. The third-order valence-electron chi connectivity index (χ3n) is 5.60. The first-order valence-corrected chi connectivity index (χ1v) is 7.88.